The Bertz CT molecular complexity index is 843. The largest absolute Gasteiger partial charge is 0.340 e. The van der Waals surface area contributed by atoms with E-state index in [-0.39, 0.29) is 35.7 Å². The highest BCUT2D eigenvalue weighted by molar-refractivity contribution is 7.89. The number of carbonyl (C=O) groups excluding carboxylic acids is 1. The number of carbonyl (C=O) groups is 1. The number of amides is 1. The van der Waals surface area contributed by atoms with E-state index in [0.29, 0.717) is 13.1 Å². The van der Waals surface area contributed by atoms with Gasteiger partial charge in [0.1, 0.15) is 4.90 Å². The number of nitrogens with two attached hydrogens (primary N) is 1. The molecule has 0 aliphatic carbocycles. The molecule has 138 valence electrons. The van der Waals surface area contributed by atoms with Gasteiger partial charge in [0.05, 0.1) is 0 Å². The molecule has 0 spiro atoms. The van der Waals surface area contributed by atoms with Crippen LogP contribution in [0.15, 0.2) is 59.8 Å². The molecule has 1 saturated heterocycles. The molecule has 1 aliphatic rings. The number of benzene rings is 1. The smallest absolute Gasteiger partial charge is 0.242 e. The van der Waals surface area contributed by atoms with Gasteiger partial charge in [0.2, 0.25) is 15.9 Å². The van der Waals surface area contributed by atoms with Crippen LogP contribution in [0.3, 0.4) is 0 Å². The van der Waals surface area contributed by atoms with Gasteiger partial charge in [-0.25, -0.2) is 13.1 Å². The van der Waals surface area contributed by atoms with Crippen molar-refractivity contribution in [2.75, 3.05) is 19.6 Å². The average molecular weight is 374 g/mol. The van der Waals surface area contributed by atoms with Gasteiger partial charge in [0, 0.05) is 50.4 Å². The zero-order chi connectivity index (χ0) is 18.6. The quantitative estimate of drug-likeness (QED) is 0.774. The summed E-state index contributed by atoms with van der Waals surface area (Å²) in [6.45, 7) is 1.07. The maximum atomic E-state index is 12.4. The molecule has 0 radical (unpaired) electrons. The molecule has 7 nitrogen and oxygen atoms in total. The summed E-state index contributed by atoms with van der Waals surface area (Å²) in [5, 5.41) is 0. The van der Waals surface area contributed by atoms with E-state index in [1.54, 1.807) is 11.0 Å². The number of aromatic nitrogens is 1. The second-order valence-electron chi connectivity index (χ2n) is 6.32. The Morgan fingerprint density at radius 2 is 1.96 bits per heavy atom. The predicted octanol–water partition coefficient (Wildman–Crippen LogP) is 0.703. The lowest BCUT2D eigenvalue weighted by Gasteiger charge is -2.16. The minimum Gasteiger partial charge on any atom is -0.340 e. The summed E-state index contributed by atoms with van der Waals surface area (Å²) < 4.78 is 26.7. The molecule has 1 fully saturated rings. The Morgan fingerprint density at radius 1 is 1.19 bits per heavy atom. The van der Waals surface area contributed by atoms with Crippen molar-refractivity contribution in [3.05, 3.63) is 60.4 Å². The number of hydrogen-bond acceptors (Lipinski definition) is 5. The third-order valence-corrected chi connectivity index (χ3v) is 5.97. The molecule has 0 saturated carbocycles. The van der Waals surface area contributed by atoms with Gasteiger partial charge in [-0.3, -0.25) is 9.78 Å². The normalized spacial score (nSPS) is 20.3. The monoisotopic (exact) mass is 374 g/mol. The van der Waals surface area contributed by atoms with Crippen LogP contribution in [0.4, 0.5) is 0 Å². The van der Waals surface area contributed by atoms with Crippen LogP contribution in [0, 0.1) is 0 Å². The molecular weight excluding hydrogens is 352 g/mol. The molecule has 8 heteroatoms. The summed E-state index contributed by atoms with van der Waals surface area (Å²) in [7, 11) is -3.65. The van der Waals surface area contributed by atoms with Crippen molar-refractivity contribution >= 4 is 15.9 Å². The van der Waals surface area contributed by atoms with E-state index in [4.69, 9.17) is 5.73 Å². The Hall–Kier alpha value is -2.29. The topological polar surface area (TPSA) is 105 Å². The highest BCUT2D eigenvalue weighted by atomic mass is 32.2. The third-order valence-electron chi connectivity index (χ3n) is 4.52. The van der Waals surface area contributed by atoms with Crippen LogP contribution in [-0.4, -0.2) is 49.9 Å². The van der Waals surface area contributed by atoms with Crippen LogP contribution in [0.25, 0.3) is 0 Å². The molecule has 1 aromatic heterocycles. The van der Waals surface area contributed by atoms with E-state index in [1.807, 2.05) is 30.3 Å². The van der Waals surface area contributed by atoms with E-state index >= 15 is 0 Å². The molecule has 2 atom stereocenters. The molecule has 2 aromatic rings. The van der Waals surface area contributed by atoms with Crippen LogP contribution in [0.2, 0.25) is 0 Å². The summed E-state index contributed by atoms with van der Waals surface area (Å²) in [5.41, 5.74) is 7.32. The van der Waals surface area contributed by atoms with Crippen LogP contribution in [0.1, 0.15) is 17.9 Å². The van der Waals surface area contributed by atoms with E-state index in [1.165, 1.54) is 18.5 Å². The van der Waals surface area contributed by atoms with Gasteiger partial charge < -0.3 is 10.6 Å². The summed E-state index contributed by atoms with van der Waals surface area (Å²) in [5.74, 6) is 0.00000256. The third kappa shape index (κ3) is 4.27. The van der Waals surface area contributed by atoms with Gasteiger partial charge in [-0.2, -0.15) is 0 Å². The summed E-state index contributed by atoms with van der Waals surface area (Å²) in [6, 6.07) is 12.8. The lowest BCUT2D eigenvalue weighted by Crippen LogP contribution is -2.35. The number of nitrogens with zero attached hydrogens (tertiary/aromatic N) is 2. The van der Waals surface area contributed by atoms with Gasteiger partial charge in [0.15, 0.2) is 0 Å². The maximum Gasteiger partial charge on any atom is 0.242 e. The van der Waals surface area contributed by atoms with Gasteiger partial charge in [-0.05, 0) is 17.7 Å². The molecule has 1 amide bonds. The fourth-order valence-electron chi connectivity index (χ4n) is 3.13. The van der Waals surface area contributed by atoms with Gasteiger partial charge in [0.25, 0.3) is 0 Å². The van der Waals surface area contributed by atoms with Crippen molar-refractivity contribution in [3.63, 3.8) is 0 Å². The molecule has 1 aliphatic heterocycles. The predicted molar refractivity (Wildman–Crippen MR) is 97.8 cm³/mol. The molecular formula is C18H22N4O3S. The van der Waals surface area contributed by atoms with Crippen LogP contribution in [-0.2, 0) is 14.8 Å². The van der Waals surface area contributed by atoms with Crippen molar-refractivity contribution in [1.82, 2.24) is 14.6 Å². The zero-order valence-electron chi connectivity index (χ0n) is 14.3. The molecule has 1 aromatic carbocycles. The highest BCUT2D eigenvalue weighted by Gasteiger charge is 2.33. The number of rotatable bonds is 6. The van der Waals surface area contributed by atoms with Crippen molar-refractivity contribution in [2.24, 2.45) is 5.73 Å². The van der Waals surface area contributed by atoms with E-state index in [0.717, 1.165) is 5.56 Å². The Kier molecular flexibility index (Phi) is 5.65. The first-order valence-corrected chi connectivity index (χ1v) is 9.93. The zero-order valence-corrected chi connectivity index (χ0v) is 15.1. The van der Waals surface area contributed by atoms with Crippen LogP contribution < -0.4 is 10.5 Å². The van der Waals surface area contributed by atoms with E-state index in [9.17, 15) is 13.2 Å². The fourth-order valence-corrected chi connectivity index (χ4v) is 4.12. The lowest BCUT2D eigenvalue weighted by molar-refractivity contribution is -0.130. The van der Waals surface area contributed by atoms with Gasteiger partial charge >= 0.3 is 0 Å². The minimum atomic E-state index is -3.65. The number of sulfonamides is 1. The van der Waals surface area contributed by atoms with Crippen molar-refractivity contribution in [1.29, 1.82) is 0 Å². The molecule has 26 heavy (non-hydrogen) atoms. The van der Waals surface area contributed by atoms with Gasteiger partial charge in [-0.15, -0.1) is 0 Å². The van der Waals surface area contributed by atoms with Crippen LogP contribution >= 0.6 is 0 Å². The Morgan fingerprint density at radius 3 is 2.65 bits per heavy atom. The van der Waals surface area contributed by atoms with Gasteiger partial charge in [-0.1, -0.05) is 30.3 Å². The van der Waals surface area contributed by atoms with Crippen LogP contribution in [0.5, 0.6) is 0 Å². The number of hydrogen-bond donors (Lipinski definition) is 2. The lowest BCUT2D eigenvalue weighted by atomic mass is 9.95. The standard InChI is InChI=1S/C18H22N4O3S/c19-17-13-22(12-16(17)14-5-2-1-3-6-14)18(23)8-10-21-26(24,25)15-7-4-9-20-11-15/h1-7,9,11,16-17,21H,8,10,12-13,19H2/t16-,17+/m0/s1. The van der Waals surface area contributed by atoms with Crippen molar-refractivity contribution < 1.29 is 13.2 Å². The second kappa shape index (κ2) is 7.94. The van der Waals surface area contributed by atoms with Crippen molar-refractivity contribution in [2.45, 2.75) is 23.3 Å². The Labute approximate surface area is 153 Å². The number of pyridine rings is 1. The van der Waals surface area contributed by atoms with E-state index < -0.39 is 10.0 Å². The number of nitrogens with one attached hydrogen (secondary N) is 1. The molecule has 2 heterocycles. The first kappa shape index (κ1) is 18.5. The summed E-state index contributed by atoms with van der Waals surface area (Å²) in [6.07, 6.45) is 2.87. The average Bonchev–Trinajstić information content (AvgIpc) is 3.05. The SMILES string of the molecule is N[C@@H]1CN(C(=O)CCNS(=O)(=O)c2cccnc2)C[C@H]1c1ccccc1. The maximum absolute atomic E-state index is 12.4. The molecule has 0 unspecified atom stereocenters. The Balaban J connectivity index is 1.53. The summed E-state index contributed by atoms with van der Waals surface area (Å²) in [4.78, 5) is 18.0. The minimum absolute atomic E-state index is 0.0395. The van der Waals surface area contributed by atoms with E-state index in [2.05, 4.69) is 9.71 Å². The summed E-state index contributed by atoms with van der Waals surface area (Å²) >= 11 is 0. The second-order valence-corrected chi connectivity index (χ2v) is 8.08. The highest BCUT2D eigenvalue weighted by Crippen LogP contribution is 2.26. The first-order chi connectivity index (χ1) is 12.5. The molecule has 3 N–H and O–H groups in total. The van der Waals surface area contributed by atoms with Crippen molar-refractivity contribution in [3.8, 4) is 0 Å². The molecule has 3 rings (SSSR count). The fraction of sp³-hybridized carbons (Fsp3) is 0.333. The molecule has 0 bridgehead atoms. The first-order valence-electron chi connectivity index (χ1n) is 8.45. The number of likely N-dealkylation sites (tertiary alicyclic amines) is 1.